The minimum absolute atomic E-state index is 0.180. The first-order valence-corrected chi connectivity index (χ1v) is 8.73. The van der Waals surface area contributed by atoms with Gasteiger partial charge in [0, 0.05) is 23.2 Å². The second-order valence-corrected chi connectivity index (χ2v) is 6.10. The predicted octanol–water partition coefficient (Wildman–Crippen LogP) is 3.64. The van der Waals surface area contributed by atoms with Gasteiger partial charge < -0.3 is 19.5 Å². The maximum absolute atomic E-state index is 11.5. The molecule has 0 aliphatic heterocycles. The molecule has 1 N–H and O–H groups in total. The highest BCUT2D eigenvalue weighted by atomic mass is 35.5. The van der Waals surface area contributed by atoms with Crippen LogP contribution in [-0.2, 0) is 11.3 Å². The molecule has 0 radical (unpaired) electrons. The normalized spacial score (nSPS) is 10.0. The van der Waals surface area contributed by atoms with E-state index < -0.39 is 0 Å². The molecule has 0 aliphatic rings. The van der Waals surface area contributed by atoms with Gasteiger partial charge in [-0.3, -0.25) is 4.79 Å². The molecule has 0 unspecified atom stereocenters. The number of halogens is 1. The Kier molecular flexibility index (Phi) is 7.78. The van der Waals surface area contributed by atoms with Crippen LogP contribution in [0.1, 0.15) is 17.5 Å². The molecule has 0 saturated heterocycles. The van der Waals surface area contributed by atoms with Crippen LogP contribution in [0.4, 0.5) is 0 Å². The number of amides is 1. The highest BCUT2D eigenvalue weighted by Gasteiger charge is 2.08. The number of hydrogen-bond donors (Lipinski definition) is 1. The zero-order chi connectivity index (χ0) is 19.6. The van der Waals surface area contributed by atoms with Gasteiger partial charge in [-0.15, -0.1) is 0 Å². The van der Waals surface area contributed by atoms with Crippen LogP contribution in [0.15, 0.2) is 36.4 Å². The van der Waals surface area contributed by atoms with Crippen molar-refractivity contribution in [1.29, 1.82) is 5.26 Å². The molecule has 6 nitrogen and oxygen atoms in total. The maximum atomic E-state index is 11.5. The number of carbonyl (C=O) groups excluding carboxylic acids is 1. The van der Waals surface area contributed by atoms with E-state index in [9.17, 15) is 4.79 Å². The Morgan fingerprint density at radius 3 is 2.59 bits per heavy atom. The van der Waals surface area contributed by atoms with Crippen molar-refractivity contribution in [2.75, 3.05) is 20.3 Å². The van der Waals surface area contributed by atoms with Gasteiger partial charge in [-0.05, 0) is 42.8 Å². The van der Waals surface area contributed by atoms with Gasteiger partial charge in [-0.1, -0.05) is 11.6 Å². The lowest BCUT2D eigenvalue weighted by atomic mass is 10.2. The predicted molar refractivity (Wildman–Crippen MR) is 102 cm³/mol. The number of nitriles is 1. The van der Waals surface area contributed by atoms with Crippen LogP contribution in [0.5, 0.6) is 17.2 Å². The Balaban J connectivity index is 1.93. The van der Waals surface area contributed by atoms with Crippen molar-refractivity contribution in [1.82, 2.24) is 5.32 Å². The Labute approximate surface area is 163 Å². The van der Waals surface area contributed by atoms with Crippen LogP contribution in [0, 0.1) is 18.3 Å². The zero-order valence-electron chi connectivity index (χ0n) is 15.3. The standard InChI is InChI=1S/C20H21ClN2O4/c1-14-11-17(5-6-18(14)21)26-9-10-27-19-12-16(25-2)4-3-15(19)13-23-20(24)7-8-22/h3-6,11-12H,7,9-10,13H2,1-2H3,(H,23,24). The van der Waals surface area contributed by atoms with Gasteiger partial charge in [0.1, 0.15) is 36.9 Å². The molecule has 27 heavy (non-hydrogen) atoms. The van der Waals surface area contributed by atoms with E-state index in [0.717, 1.165) is 16.9 Å². The van der Waals surface area contributed by atoms with Gasteiger partial charge in [0.25, 0.3) is 0 Å². The van der Waals surface area contributed by atoms with E-state index >= 15 is 0 Å². The summed E-state index contributed by atoms with van der Waals surface area (Å²) in [7, 11) is 1.57. The van der Waals surface area contributed by atoms with E-state index in [1.165, 1.54) is 0 Å². The van der Waals surface area contributed by atoms with E-state index in [0.29, 0.717) is 29.7 Å². The Bertz CT molecular complexity index is 833. The molecule has 0 fully saturated rings. The van der Waals surface area contributed by atoms with Crippen LogP contribution in [0.2, 0.25) is 5.02 Å². The first-order valence-electron chi connectivity index (χ1n) is 8.35. The summed E-state index contributed by atoms with van der Waals surface area (Å²) in [5.74, 6) is 1.62. The summed E-state index contributed by atoms with van der Waals surface area (Å²) in [5, 5.41) is 11.9. The van der Waals surface area contributed by atoms with Crippen LogP contribution in [0.3, 0.4) is 0 Å². The lowest BCUT2D eigenvalue weighted by molar-refractivity contribution is -0.120. The van der Waals surface area contributed by atoms with Crippen molar-refractivity contribution in [3.8, 4) is 23.3 Å². The lowest BCUT2D eigenvalue weighted by Crippen LogP contribution is -2.22. The Morgan fingerprint density at radius 1 is 1.15 bits per heavy atom. The molecule has 0 atom stereocenters. The number of carbonyl (C=O) groups is 1. The van der Waals surface area contributed by atoms with Crippen molar-refractivity contribution >= 4 is 17.5 Å². The topological polar surface area (TPSA) is 80.6 Å². The molecule has 0 bridgehead atoms. The van der Waals surface area contributed by atoms with E-state index in [-0.39, 0.29) is 18.9 Å². The summed E-state index contributed by atoms with van der Waals surface area (Å²) >= 11 is 6.00. The van der Waals surface area contributed by atoms with Gasteiger partial charge >= 0.3 is 0 Å². The molecule has 2 aromatic rings. The summed E-state index contributed by atoms with van der Waals surface area (Å²) in [6.45, 7) is 2.83. The Morgan fingerprint density at radius 2 is 1.89 bits per heavy atom. The summed E-state index contributed by atoms with van der Waals surface area (Å²) in [5.41, 5.74) is 1.72. The summed E-state index contributed by atoms with van der Waals surface area (Å²) in [6, 6.07) is 12.6. The SMILES string of the molecule is COc1ccc(CNC(=O)CC#N)c(OCCOc2ccc(Cl)c(C)c2)c1. The average molecular weight is 389 g/mol. The molecule has 1 amide bonds. The first kappa shape index (κ1) is 20.4. The van der Waals surface area contributed by atoms with Crippen LogP contribution in [-0.4, -0.2) is 26.2 Å². The monoisotopic (exact) mass is 388 g/mol. The fourth-order valence-corrected chi connectivity index (χ4v) is 2.41. The molecular formula is C20H21ClN2O4. The van der Waals surface area contributed by atoms with Crippen molar-refractivity contribution in [3.05, 3.63) is 52.5 Å². The largest absolute Gasteiger partial charge is 0.497 e. The third kappa shape index (κ3) is 6.39. The highest BCUT2D eigenvalue weighted by molar-refractivity contribution is 6.31. The van der Waals surface area contributed by atoms with Crippen molar-refractivity contribution in [2.24, 2.45) is 0 Å². The molecule has 2 aromatic carbocycles. The molecule has 0 heterocycles. The lowest BCUT2D eigenvalue weighted by Gasteiger charge is -2.14. The number of nitrogens with zero attached hydrogens (tertiary/aromatic N) is 1. The van der Waals surface area contributed by atoms with Gasteiger partial charge in [0.15, 0.2) is 0 Å². The van der Waals surface area contributed by atoms with E-state index in [2.05, 4.69) is 5.32 Å². The number of methoxy groups -OCH3 is 1. The summed E-state index contributed by atoms with van der Waals surface area (Å²) in [6.07, 6.45) is -0.180. The first-order chi connectivity index (χ1) is 13.0. The van der Waals surface area contributed by atoms with Crippen LogP contribution in [0.25, 0.3) is 0 Å². The molecule has 142 valence electrons. The van der Waals surface area contributed by atoms with Gasteiger partial charge in [-0.25, -0.2) is 0 Å². The zero-order valence-corrected chi connectivity index (χ0v) is 16.0. The second kappa shape index (κ2) is 10.3. The number of benzene rings is 2. The minimum atomic E-state index is -0.333. The van der Waals surface area contributed by atoms with Crippen molar-refractivity contribution in [3.63, 3.8) is 0 Å². The van der Waals surface area contributed by atoms with Gasteiger partial charge in [0.05, 0.1) is 13.2 Å². The number of ether oxygens (including phenoxy) is 3. The molecule has 0 aliphatic carbocycles. The van der Waals surface area contributed by atoms with E-state index in [1.807, 2.05) is 25.1 Å². The molecular weight excluding hydrogens is 368 g/mol. The van der Waals surface area contributed by atoms with Crippen LogP contribution >= 0.6 is 11.6 Å². The molecule has 0 spiro atoms. The Hall–Kier alpha value is -2.91. The van der Waals surface area contributed by atoms with Crippen LogP contribution < -0.4 is 19.5 Å². The molecule has 0 aromatic heterocycles. The van der Waals surface area contributed by atoms with Gasteiger partial charge in [-0.2, -0.15) is 5.26 Å². The average Bonchev–Trinajstić information content (AvgIpc) is 2.67. The van der Waals surface area contributed by atoms with Crippen molar-refractivity contribution in [2.45, 2.75) is 19.9 Å². The molecule has 7 heteroatoms. The summed E-state index contributed by atoms with van der Waals surface area (Å²) < 4.78 is 16.7. The minimum Gasteiger partial charge on any atom is -0.497 e. The smallest absolute Gasteiger partial charge is 0.234 e. The second-order valence-electron chi connectivity index (χ2n) is 5.69. The third-order valence-electron chi connectivity index (χ3n) is 3.73. The molecule has 0 saturated carbocycles. The number of nitrogens with one attached hydrogen (secondary N) is 1. The highest BCUT2D eigenvalue weighted by Crippen LogP contribution is 2.25. The fraction of sp³-hybridized carbons (Fsp3) is 0.300. The van der Waals surface area contributed by atoms with Crippen molar-refractivity contribution < 1.29 is 19.0 Å². The number of aryl methyl sites for hydroxylation is 1. The number of hydrogen-bond acceptors (Lipinski definition) is 5. The van der Waals surface area contributed by atoms with E-state index in [4.69, 9.17) is 31.1 Å². The third-order valence-corrected chi connectivity index (χ3v) is 4.15. The maximum Gasteiger partial charge on any atom is 0.234 e. The number of rotatable bonds is 9. The summed E-state index contributed by atoms with van der Waals surface area (Å²) in [4.78, 5) is 11.5. The van der Waals surface area contributed by atoms with E-state index in [1.54, 1.807) is 31.4 Å². The quantitative estimate of drug-likeness (QED) is 0.663. The molecule has 2 rings (SSSR count). The van der Waals surface area contributed by atoms with Gasteiger partial charge in [0.2, 0.25) is 5.91 Å². The fourth-order valence-electron chi connectivity index (χ4n) is 2.29.